The molecule has 3 aromatic rings. The molecule has 0 bridgehead atoms. The van der Waals surface area contributed by atoms with Crippen molar-refractivity contribution >= 4 is 16.7 Å². The van der Waals surface area contributed by atoms with Gasteiger partial charge in [-0.2, -0.15) is 0 Å². The minimum Gasteiger partial charge on any atom is -0.348 e. The van der Waals surface area contributed by atoms with E-state index in [1.54, 1.807) is 19.1 Å². The van der Waals surface area contributed by atoms with Crippen molar-refractivity contribution < 1.29 is 13.6 Å². The number of hydrogen-bond acceptors (Lipinski definition) is 2. The third-order valence-corrected chi connectivity index (χ3v) is 5.66. The lowest BCUT2D eigenvalue weighted by molar-refractivity contribution is 0.0951. The first-order chi connectivity index (χ1) is 14.4. The number of aromatic nitrogens is 1. The van der Waals surface area contributed by atoms with Crippen LogP contribution in [-0.4, -0.2) is 10.5 Å². The summed E-state index contributed by atoms with van der Waals surface area (Å²) in [6.07, 6.45) is 2.80. The Kier molecular flexibility index (Phi) is 5.41. The average Bonchev–Trinajstić information content (AvgIpc) is 3.54. The minimum atomic E-state index is -0.643. The van der Waals surface area contributed by atoms with E-state index in [2.05, 4.69) is 5.32 Å². The number of amides is 1. The molecule has 1 amide bonds. The van der Waals surface area contributed by atoms with Crippen molar-refractivity contribution in [2.24, 2.45) is 0 Å². The third kappa shape index (κ3) is 3.74. The molecule has 2 aromatic carbocycles. The van der Waals surface area contributed by atoms with E-state index < -0.39 is 17.3 Å². The molecular formula is C24H24F2N2O2. The van der Waals surface area contributed by atoms with E-state index in [9.17, 15) is 18.4 Å². The van der Waals surface area contributed by atoms with E-state index in [1.807, 2.05) is 13.0 Å². The van der Waals surface area contributed by atoms with Gasteiger partial charge in [0.15, 0.2) is 0 Å². The predicted octanol–water partition coefficient (Wildman–Crippen LogP) is 4.81. The first kappa shape index (κ1) is 20.3. The number of rotatable bonds is 6. The number of nitrogens with zero attached hydrogens (tertiary/aromatic N) is 1. The first-order valence-corrected chi connectivity index (χ1v) is 10.3. The topological polar surface area (TPSA) is 51.1 Å². The van der Waals surface area contributed by atoms with Crippen molar-refractivity contribution in [2.45, 2.75) is 52.1 Å². The van der Waals surface area contributed by atoms with Crippen molar-refractivity contribution in [2.75, 3.05) is 0 Å². The molecule has 4 rings (SSSR count). The third-order valence-electron chi connectivity index (χ3n) is 5.66. The Morgan fingerprint density at radius 3 is 2.67 bits per heavy atom. The van der Waals surface area contributed by atoms with Gasteiger partial charge in [-0.05, 0) is 61.4 Å². The number of benzene rings is 2. The van der Waals surface area contributed by atoms with E-state index in [-0.39, 0.29) is 23.3 Å². The molecule has 0 spiro atoms. The van der Waals surface area contributed by atoms with Crippen LogP contribution >= 0.6 is 0 Å². The highest BCUT2D eigenvalue weighted by Crippen LogP contribution is 2.40. The highest BCUT2D eigenvalue weighted by atomic mass is 19.1. The first-order valence-electron chi connectivity index (χ1n) is 10.3. The second-order valence-corrected chi connectivity index (χ2v) is 7.93. The molecule has 4 nitrogen and oxygen atoms in total. The Balaban J connectivity index is 1.71. The normalized spacial score (nSPS) is 13.6. The lowest BCUT2D eigenvalue weighted by Crippen LogP contribution is -2.30. The van der Waals surface area contributed by atoms with Crippen molar-refractivity contribution in [3.63, 3.8) is 0 Å². The van der Waals surface area contributed by atoms with Crippen LogP contribution in [0, 0.1) is 18.6 Å². The number of hydrogen-bond donors (Lipinski definition) is 1. The monoisotopic (exact) mass is 410 g/mol. The Labute approximate surface area is 173 Å². The molecule has 0 radical (unpaired) electrons. The number of carbonyl (C=O) groups is 1. The average molecular weight is 410 g/mol. The number of nitrogens with one attached hydrogen (secondary N) is 1. The summed E-state index contributed by atoms with van der Waals surface area (Å²) in [6, 6.07) is 9.18. The maximum Gasteiger partial charge on any atom is 0.261 e. The van der Waals surface area contributed by atoms with Gasteiger partial charge in [0, 0.05) is 24.2 Å². The van der Waals surface area contributed by atoms with Gasteiger partial charge in [-0.15, -0.1) is 0 Å². The summed E-state index contributed by atoms with van der Waals surface area (Å²) in [7, 11) is 0. The lowest BCUT2D eigenvalue weighted by Gasteiger charge is -2.17. The molecule has 1 saturated carbocycles. The van der Waals surface area contributed by atoms with Crippen molar-refractivity contribution in [1.29, 1.82) is 0 Å². The van der Waals surface area contributed by atoms with Gasteiger partial charge in [0.25, 0.3) is 11.5 Å². The van der Waals surface area contributed by atoms with Gasteiger partial charge < -0.3 is 9.88 Å². The van der Waals surface area contributed by atoms with Gasteiger partial charge >= 0.3 is 0 Å². The molecule has 0 aliphatic heterocycles. The van der Waals surface area contributed by atoms with Crippen molar-refractivity contribution in [3.8, 4) is 0 Å². The van der Waals surface area contributed by atoms with Crippen LogP contribution < -0.4 is 10.9 Å². The van der Waals surface area contributed by atoms with Crippen LogP contribution in [0.1, 0.15) is 59.3 Å². The van der Waals surface area contributed by atoms with E-state index in [1.165, 1.54) is 22.8 Å². The van der Waals surface area contributed by atoms with Crippen molar-refractivity contribution in [1.82, 2.24) is 9.88 Å². The zero-order valence-corrected chi connectivity index (χ0v) is 17.1. The molecule has 30 heavy (non-hydrogen) atoms. The standard InChI is InChI=1S/C24H24F2N2O2/c1-3-9-28-14(2)21(19-5-4-6-20(26)22(19)24(28)30)23(29)27-13-15-10-17(16-7-8-16)12-18(25)11-15/h4-6,10-12,16H,3,7-9,13H2,1-2H3,(H,27,29). The number of pyridine rings is 1. The van der Waals surface area contributed by atoms with Crippen LogP contribution in [0.2, 0.25) is 0 Å². The largest absolute Gasteiger partial charge is 0.348 e. The van der Waals surface area contributed by atoms with Crippen LogP contribution in [0.15, 0.2) is 41.2 Å². The summed E-state index contributed by atoms with van der Waals surface area (Å²) in [5, 5.41) is 3.04. The van der Waals surface area contributed by atoms with Crippen LogP contribution in [0.5, 0.6) is 0 Å². The summed E-state index contributed by atoms with van der Waals surface area (Å²) >= 11 is 0. The molecule has 0 unspecified atom stereocenters. The Hall–Kier alpha value is -3.02. The van der Waals surface area contributed by atoms with E-state index >= 15 is 0 Å². The fourth-order valence-corrected chi connectivity index (χ4v) is 4.05. The highest BCUT2D eigenvalue weighted by Gasteiger charge is 2.25. The summed E-state index contributed by atoms with van der Waals surface area (Å²) in [4.78, 5) is 25.9. The Bertz CT molecular complexity index is 1200. The number of fused-ring (bicyclic) bond motifs is 1. The SMILES string of the molecule is CCCn1c(C)c(C(=O)NCc2cc(F)cc(C3CC3)c2)c2cccc(F)c2c1=O. The Morgan fingerprint density at radius 1 is 1.20 bits per heavy atom. The molecule has 156 valence electrons. The highest BCUT2D eigenvalue weighted by molar-refractivity contribution is 6.07. The van der Waals surface area contributed by atoms with Crippen LogP contribution in [-0.2, 0) is 13.1 Å². The molecule has 1 aliphatic rings. The molecule has 0 saturated heterocycles. The van der Waals surface area contributed by atoms with Gasteiger partial charge in [-0.1, -0.05) is 25.1 Å². The molecule has 1 aliphatic carbocycles. The number of halogens is 2. The summed E-state index contributed by atoms with van der Waals surface area (Å²) in [5.41, 5.74) is 1.98. The summed E-state index contributed by atoms with van der Waals surface area (Å²) < 4.78 is 29.9. The fourth-order valence-electron chi connectivity index (χ4n) is 4.05. The Morgan fingerprint density at radius 2 is 1.97 bits per heavy atom. The second kappa shape index (κ2) is 8.01. The van der Waals surface area contributed by atoms with Crippen LogP contribution in [0.3, 0.4) is 0 Å². The van der Waals surface area contributed by atoms with Gasteiger partial charge in [0.2, 0.25) is 0 Å². The zero-order valence-electron chi connectivity index (χ0n) is 17.1. The minimum absolute atomic E-state index is 0.0801. The molecule has 1 aromatic heterocycles. The maximum atomic E-state index is 14.5. The quantitative estimate of drug-likeness (QED) is 0.634. The molecule has 1 heterocycles. The van der Waals surface area contributed by atoms with Gasteiger partial charge in [0.05, 0.1) is 10.9 Å². The number of carbonyl (C=O) groups excluding carboxylic acids is 1. The molecule has 0 atom stereocenters. The molecule has 6 heteroatoms. The van der Waals surface area contributed by atoms with Crippen LogP contribution in [0.4, 0.5) is 8.78 Å². The van der Waals surface area contributed by atoms with Crippen LogP contribution in [0.25, 0.3) is 10.8 Å². The second-order valence-electron chi connectivity index (χ2n) is 7.93. The fraction of sp³-hybridized carbons (Fsp3) is 0.333. The summed E-state index contributed by atoms with van der Waals surface area (Å²) in [5.74, 6) is -0.966. The zero-order chi connectivity index (χ0) is 21.4. The smallest absolute Gasteiger partial charge is 0.261 e. The van der Waals surface area contributed by atoms with Gasteiger partial charge in [0.1, 0.15) is 11.6 Å². The van der Waals surface area contributed by atoms with Gasteiger partial charge in [-0.25, -0.2) is 8.78 Å². The molecular weight excluding hydrogens is 386 g/mol. The van der Waals surface area contributed by atoms with E-state index in [0.29, 0.717) is 35.5 Å². The lowest BCUT2D eigenvalue weighted by atomic mass is 10.0. The maximum absolute atomic E-state index is 14.5. The molecule has 1 N–H and O–H groups in total. The van der Waals surface area contributed by atoms with Gasteiger partial charge in [-0.3, -0.25) is 9.59 Å². The molecule has 1 fully saturated rings. The summed E-state index contributed by atoms with van der Waals surface area (Å²) in [6.45, 7) is 4.16. The van der Waals surface area contributed by atoms with Crippen molar-refractivity contribution in [3.05, 3.63) is 80.8 Å². The van der Waals surface area contributed by atoms with E-state index in [0.717, 1.165) is 18.4 Å². The predicted molar refractivity (Wildman–Crippen MR) is 113 cm³/mol. The van der Waals surface area contributed by atoms with E-state index in [4.69, 9.17) is 0 Å².